The van der Waals surface area contributed by atoms with E-state index in [9.17, 15) is 4.79 Å². The number of benzene rings is 5. The topological polar surface area (TPSA) is 29.5 Å². The number of carbonyl (C=O) groups is 1. The standard InChI is InChI=1S/C40H38BNO2/c1-38(2)36-24-27(26-43)12-22-34(36)35-23-21-33(25-37(35)38)42(31-17-13-29(14-18-31)28-10-8-7-9-11-28)32-19-15-30(16-20-32)41-39(3,4)40(5,6)44-41/h7-26H,1-6H3. The van der Waals surface area contributed by atoms with E-state index in [2.05, 4.69) is 144 Å². The van der Waals surface area contributed by atoms with Gasteiger partial charge in [0.05, 0.1) is 0 Å². The summed E-state index contributed by atoms with van der Waals surface area (Å²) in [7, 11) is 0. The first kappa shape index (κ1) is 28.4. The van der Waals surface area contributed by atoms with Gasteiger partial charge < -0.3 is 9.55 Å². The van der Waals surface area contributed by atoms with Crippen LogP contribution in [0, 0.1) is 0 Å². The van der Waals surface area contributed by atoms with Crippen LogP contribution >= 0.6 is 0 Å². The molecule has 1 saturated heterocycles. The zero-order chi connectivity index (χ0) is 30.9. The Morgan fingerprint density at radius 3 is 1.75 bits per heavy atom. The van der Waals surface area contributed by atoms with Crippen molar-refractivity contribution in [1.82, 2.24) is 0 Å². The molecule has 4 heteroatoms. The normalized spacial score (nSPS) is 16.9. The lowest BCUT2D eigenvalue weighted by atomic mass is 9.33. The predicted octanol–water partition coefficient (Wildman–Crippen LogP) is 9.73. The molecule has 1 aliphatic heterocycles. The maximum absolute atomic E-state index is 11.6. The molecule has 0 spiro atoms. The van der Waals surface area contributed by atoms with Crippen molar-refractivity contribution in [3.63, 3.8) is 0 Å². The molecule has 1 heterocycles. The van der Waals surface area contributed by atoms with Gasteiger partial charge in [-0.05, 0) is 95.2 Å². The summed E-state index contributed by atoms with van der Waals surface area (Å²) in [4.78, 5) is 13.9. The molecule has 5 aromatic carbocycles. The molecule has 1 aliphatic carbocycles. The molecule has 2 aliphatic rings. The summed E-state index contributed by atoms with van der Waals surface area (Å²) in [6.45, 7) is 13.5. The van der Waals surface area contributed by atoms with Gasteiger partial charge in [0, 0.05) is 39.0 Å². The first-order valence-corrected chi connectivity index (χ1v) is 15.5. The van der Waals surface area contributed by atoms with Gasteiger partial charge in [0.1, 0.15) is 6.29 Å². The Morgan fingerprint density at radius 2 is 1.16 bits per heavy atom. The second-order valence-corrected chi connectivity index (χ2v) is 13.8. The first-order valence-electron chi connectivity index (χ1n) is 15.5. The average molecular weight is 576 g/mol. The zero-order valence-electron chi connectivity index (χ0n) is 26.4. The van der Waals surface area contributed by atoms with Crippen molar-refractivity contribution in [2.24, 2.45) is 0 Å². The lowest BCUT2D eigenvalue weighted by Crippen LogP contribution is -2.66. The summed E-state index contributed by atoms with van der Waals surface area (Å²) in [6.07, 6.45) is 0.937. The molecule has 44 heavy (non-hydrogen) atoms. The molecule has 218 valence electrons. The Hall–Kier alpha value is -4.41. The van der Waals surface area contributed by atoms with Crippen LogP contribution in [-0.2, 0) is 10.1 Å². The van der Waals surface area contributed by atoms with Gasteiger partial charge in [-0.1, -0.05) is 100 Å². The van der Waals surface area contributed by atoms with Crippen molar-refractivity contribution < 1.29 is 9.45 Å². The van der Waals surface area contributed by atoms with Crippen LogP contribution in [0.15, 0.2) is 115 Å². The highest BCUT2D eigenvalue weighted by Gasteiger charge is 2.59. The van der Waals surface area contributed by atoms with E-state index in [0.717, 1.165) is 23.3 Å². The molecule has 0 atom stereocenters. The fourth-order valence-corrected chi connectivity index (χ4v) is 6.97. The number of hydrogen-bond acceptors (Lipinski definition) is 3. The molecule has 0 saturated carbocycles. The quantitative estimate of drug-likeness (QED) is 0.149. The number of nitrogens with zero attached hydrogens (tertiary/aromatic N) is 1. The van der Waals surface area contributed by atoms with Gasteiger partial charge in [-0.25, -0.2) is 0 Å². The fraction of sp³-hybridized carbons (Fsp3) is 0.225. The van der Waals surface area contributed by atoms with Crippen LogP contribution in [-0.4, -0.2) is 18.8 Å². The summed E-state index contributed by atoms with van der Waals surface area (Å²) in [5.74, 6) is 0. The molecule has 0 bridgehead atoms. The minimum absolute atomic E-state index is 0.0474. The van der Waals surface area contributed by atoms with E-state index in [1.165, 1.54) is 38.8 Å². The van der Waals surface area contributed by atoms with E-state index in [4.69, 9.17) is 4.65 Å². The summed E-state index contributed by atoms with van der Waals surface area (Å²) in [5, 5.41) is 0.0474. The number of fused-ring (bicyclic) bond motifs is 3. The molecule has 7 rings (SSSR count). The molecular formula is C40H38BNO2. The smallest absolute Gasteiger partial charge is 0.335 e. The van der Waals surface area contributed by atoms with Gasteiger partial charge in [-0.2, -0.15) is 0 Å². The Labute approximate surface area is 261 Å². The minimum atomic E-state index is -0.230. The Morgan fingerprint density at radius 1 is 0.614 bits per heavy atom. The third kappa shape index (κ3) is 4.35. The van der Waals surface area contributed by atoms with Crippen molar-refractivity contribution in [3.8, 4) is 22.3 Å². The van der Waals surface area contributed by atoms with E-state index in [1.54, 1.807) is 0 Å². The predicted molar refractivity (Wildman–Crippen MR) is 184 cm³/mol. The van der Waals surface area contributed by atoms with E-state index < -0.39 is 0 Å². The SMILES string of the molecule is CC1(C)c2cc(C=O)ccc2-c2ccc(N(c3ccc(B4OC(C)(C)C4(C)C)cc3)c3ccc(-c4ccccc4)cc3)cc21. The molecular weight excluding hydrogens is 537 g/mol. The maximum atomic E-state index is 11.6. The maximum Gasteiger partial charge on any atom is 0.335 e. The van der Waals surface area contributed by atoms with Crippen LogP contribution in [0.5, 0.6) is 0 Å². The minimum Gasteiger partial charge on any atom is -0.425 e. The highest BCUT2D eigenvalue weighted by molar-refractivity contribution is 6.73. The number of carbonyl (C=O) groups excluding carboxylic acids is 1. The Balaban J connectivity index is 1.31. The zero-order valence-corrected chi connectivity index (χ0v) is 26.4. The Bertz CT molecular complexity index is 1870. The fourth-order valence-electron chi connectivity index (χ4n) is 6.97. The van der Waals surface area contributed by atoms with Crippen molar-refractivity contribution in [2.45, 2.75) is 57.9 Å². The first-order chi connectivity index (χ1) is 21.0. The van der Waals surface area contributed by atoms with E-state index in [-0.39, 0.29) is 23.2 Å². The van der Waals surface area contributed by atoms with Crippen molar-refractivity contribution in [1.29, 1.82) is 0 Å². The molecule has 0 N–H and O–H groups in total. The second kappa shape index (κ2) is 10.1. The van der Waals surface area contributed by atoms with E-state index in [1.807, 2.05) is 18.2 Å². The highest BCUT2D eigenvalue weighted by atomic mass is 16.5. The molecule has 3 nitrogen and oxygen atoms in total. The number of rotatable bonds is 6. The summed E-state index contributed by atoms with van der Waals surface area (Å²) >= 11 is 0. The molecule has 0 unspecified atom stereocenters. The van der Waals surface area contributed by atoms with Crippen LogP contribution in [0.1, 0.15) is 63.0 Å². The van der Waals surface area contributed by atoms with Crippen molar-refractivity contribution in [2.75, 3.05) is 4.90 Å². The van der Waals surface area contributed by atoms with Crippen LogP contribution in [0.2, 0.25) is 5.31 Å². The molecule has 0 radical (unpaired) electrons. The molecule has 1 fully saturated rings. The number of aldehydes is 1. The van der Waals surface area contributed by atoms with Crippen LogP contribution in [0.4, 0.5) is 17.1 Å². The number of anilines is 3. The Kier molecular flexibility index (Phi) is 6.49. The molecule has 0 aromatic heterocycles. The van der Waals surface area contributed by atoms with Crippen molar-refractivity contribution >= 4 is 35.7 Å². The summed E-state index contributed by atoms with van der Waals surface area (Å²) in [6, 6.07) is 41.0. The van der Waals surface area contributed by atoms with Gasteiger partial charge in [0.15, 0.2) is 0 Å². The van der Waals surface area contributed by atoms with Crippen LogP contribution in [0.3, 0.4) is 0 Å². The summed E-state index contributed by atoms with van der Waals surface area (Å²) < 4.78 is 6.34. The molecule has 0 amide bonds. The van der Waals surface area contributed by atoms with Gasteiger partial charge in [-0.3, -0.25) is 4.79 Å². The monoisotopic (exact) mass is 575 g/mol. The third-order valence-electron chi connectivity index (χ3n) is 10.4. The van der Waals surface area contributed by atoms with Crippen LogP contribution < -0.4 is 10.4 Å². The third-order valence-corrected chi connectivity index (χ3v) is 10.4. The van der Waals surface area contributed by atoms with Crippen molar-refractivity contribution in [3.05, 3.63) is 132 Å². The average Bonchev–Trinajstić information content (AvgIpc) is 3.26. The van der Waals surface area contributed by atoms with E-state index >= 15 is 0 Å². The van der Waals surface area contributed by atoms with Gasteiger partial charge in [0.2, 0.25) is 0 Å². The van der Waals surface area contributed by atoms with Gasteiger partial charge >= 0.3 is 6.92 Å². The lowest BCUT2D eigenvalue weighted by molar-refractivity contribution is -0.00939. The number of hydrogen-bond donors (Lipinski definition) is 0. The highest BCUT2D eigenvalue weighted by Crippen LogP contribution is 2.53. The van der Waals surface area contributed by atoms with Gasteiger partial charge in [0.25, 0.3) is 0 Å². The van der Waals surface area contributed by atoms with E-state index in [0.29, 0.717) is 5.56 Å². The lowest BCUT2D eigenvalue weighted by Gasteiger charge is -2.57. The van der Waals surface area contributed by atoms with Crippen LogP contribution in [0.25, 0.3) is 22.3 Å². The largest absolute Gasteiger partial charge is 0.425 e. The second-order valence-electron chi connectivity index (χ2n) is 13.8. The summed E-state index contributed by atoms with van der Waals surface area (Å²) in [5.41, 5.74) is 12.1. The van der Waals surface area contributed by atoms with Gasteiger partial charge in [-0.15, -0.1) is 0 Å². The molecule has 5 aromatic rings.